The minimum Gasteiger partial charge on any atom is -0.324 e. The zero-order chi connectivity index (χ0) is 14.2. The molecule has 1 atom stereocenters. The maximum Gasteiger partial charge on any atom is 0.0644 e. The second-order valence-electron chi connectivity index (χ2n) is 4.73. The van der Waals surface area contributed by atoms with Gasteiger partial charge in [-0.05, 0) is 31.9 Å². The van der Waals surface area contributed by atoms with Crippen molar-refractivity contribution in [3.63, 3.8) is 0 Å². The van der Waals surface area contributed by atoms with Gasteiger partial charge in [-0.15, -0.1) is 0 Å². The fourth-order valence-corrected chi connectivity index (χ4v) is 2.77. The van der Waals surface area contributed by atoms with Crippen LogP contribution in [-0.2, 0) is 13.5 Å². The quantitative estimate of drug-likeness (QED) is 0.941. The third-order valence-electron chi connectivity index (χ3n) is 3.41. The van der Waals surface area contributed by atoms with Crippen LogP contribution < -0.4 is 5.73 Å². The highest BCUT2D eigenvalue weighted by Crippen LogP contribution is 2.30. The number of rotatable bonds is 3. The van der Waals surface area contributed by atoms with Crippen LogP contribution in [0.1, 0.15) is 28.6 Å². The number of nitrogens with two attached hydrogens (primary N) is 1. The molecule has 0 fully saturated rings. The Balaban J connectivity index is 2.31. The van der Waals surface area contributed by atoms with Crippen molar-refractivity contribution >= 4 is 23.2 Å². The molecule has 19 heavy (non-hydrogen) atoms. The zero-order valence-corrected chi connectivity index (χ0v) is 12.8. The monoisotopic (exact) mass is 297 g/mol. The maximum absolute atomic E-state index is 6.31. The maximum atomic E-state index is 6.31. The molecule has 3 nitrogen and oxygen atoms in total. The van der Waals surface area contributed by atoms with Crippen molar-refractivity contribution in [2.24, 2.45) is 12.8 Å². The van der Waals surface area contributed by atoms with Gasteiger partial charge in [0, 0.05) is 24.3 Å². The Kier molecular flexibility index (Phi) is 4.19. The normalized spacial score (nSPS) is 12.7. The number of hydrogen-bond donors (Lipinski definition) is 1. The summed E-state index contributed by atoms with van der Waals surface area (Å²) in [6.45, 7) is 4.00. The second kappa shape index (κ2) is 5.53. The van der Waals surface area contributed by atoms with Crippen molar-refractivity contribution in [2.75, 3.05) is 0 Å². The van der Waals surface area contributed by atoms with Gasteiger partial charge in [0.05, 0.1) is 15.7 Å². The van der Waals surface area contributed by atoms with Crippen molar-refractivity contribution in [3.05, 3.63) is 50.8 Å². The molecule has 0 bridgehead atoms. The van der Waals surface area contributed by atoms with E-state index in [4.69, 9.17) is 28.9 Å². The minimum absolute atomic E-state index is 0.135. The third kappa shape index (κ3) is 2.78. The van der Waals surface area contributed by atoms with Gasteiger partial charge in [0.15, 0.2) is 0 Å². The molecule has 0 saturated heterocycles. The van der Waals surface area contributed by atoms with Gasteiger partial charge in [0.1, 0.15) is 0 Å². The van der Waals surface area contributed by atoms with E-state index < -0.39 is 0 Å². The molecule has 102 valence electrons. The van der Waals surface area contributed by atoms with Gasteiger partial charge in [0.2, 0.25) is 0 Å². The average Bonchev–Trinajstić information content (AvgIpc) is 2.59. The second-order valence-corrected chi connectivity index (χ2v) is 5.52. The van der Waals surface area contributed by atoms with Gasteiger partial charge >= 0.3 is 0 Å². The molecule has 0 saturated carbocycles. The van der Waals surface area contributed by atoms with Gasteiger partial charge in [-0.3, -0.25) is 4.68 Å². The molecule has 0 radical (unpaired) electrons. The van der Waals surface area contributed by atoms with Gasteiger partial charge in [0.25, 0.3) is 0 Å². The fraction of sp³-hybridized carbons (Fsp3) is 0.357. The summed E-state index contributed by atoms with van der Waals surface area (Å²) in [6.07, 6.45) is 0.646. The zero-order valence-electron chi connectivity index (χ0n) is 11.2. The lowest BCUT2D eigenvalue weighted by atomic mass is 9.98. The van der Waals surface area contributed by atoms with E-state index in [0.717, 1.165) is 22.5 Å². The topological polar surface area (TPSA) is 43.8 Å². The number of nitrogens with zero attached hydrogens (tertiary/aromatic N) is 2. The van der Waals surface area contributed by atoms with Crippen LogP contribution in [0.3, 0.4) is 0 Å². The predicted molar refractivity (Wildman–Crippen MR) is 79.8 cm³/mol. The van der Waals surface area contributed by atoms with E-state index in [1.54, 1.807) is 6.07 Å². The average molecular weight is 298 g/mol. The summed E-state index contributed by atoms with van der Waals surface area (Å²) in [7, 11) is 1.92. The summed E-state index contributed by atoms with van der Waals surface area (Å²) in [5.41, 5.74) is 10.4. The Morgan fingerprint density at radius 3 is 2.58 bits per heavy atom. The highest BCUT2D eigenvalue weighted by Gasteiger charge is 2.18. The van der Waals surface area contributed by atoms with Crippen LogP contribution in [0.15, 0.2) is 18.2 Å². The van der Waals surface area contributed by atoms with Crippen molar-refractivity contribution in [2.45, 2.75) is 26.3 Å². The van der Waals surface area contributed by atoms with E-state index >= 15 is 0 Å². The highest BCUT2D eigenvalue weighted by molar-refractivity contribution is 6.42. The first-order valence-electron chi connectivity index (χ1n) is 6.10. The Labute approximate surface area is 123 Å². The van der Waals surface area contributed by atoms with Gasteiger partial charge in [-0.1, -0.05) is 35.3 Å². The molecule has 2 N–H and O–H groups in total. The van der Waals surface area contributed by atoms with Crippen molar-refractivity contribution in [3.8, 4) is 0 Å². The summed E-state index contributed by atoms with van der Waals surface area (Å²) in [5.74, 6) is 0. The van der Waals surface area contributed by atoms with Crippen LogP contribution in [0.25, 0.3) is 0 Å². The lowest BCUT2D eigenvalue weighted by Gasteiger charge is -2.14. The van der Waals surface area contributed by atoms with Crippen LogP contribution in [0.5, 0.6) is 0 Å². The lowest BCUT2D eigenvalue weighted by Crippen LogP contribution is -2.15. The molecule has 0 aliphatic carbocycles. The fourth-order valence-electron chi connectivity index (χ4n) is 2.37. The molecular formula is C14H17Cl2N3. The molecule has 0 aliphatic rings. The molecule has 1 unspecified atom stereocenters. The summed E-state index contributed by atoms with van der Waals surface area (Å²) in [5, 5.41) is 5.53. The van der Waals surface area contributed by atoms with E-state index in [0.29, 0.717) is 16.5 Å². The van der Waals surface area contributed by atoms with Crippen molar-refractivity contribution < 1.29 is 0 Å². The van der Waals surface area contributed by atoms with Crippen LogP contribution in [-0.4, -0.2) is 9.78 Å². The van der Waals surface area contributed by atoms with Crippen molar-refractivity contribution in [1.29, 1.82) is 0 Å². The molecule has 0 amide bonds. The highest BCUT2D eigenvalue weighted by atomic mass is 35.5. The van der Waals surface area contributed by atoms with Crippen LogP contribution in [0.2, 0.25) is 10.0 Å². The van der Waals surface area contributed by atoms with Crippen LogP contribution in [0, 0.1) is 13.8 Å². The van der Waals surface area contributed by atoms with Gasteiger partial charge in [-0.25, -0.2) is 0 Å². The summed E-state index contributed by atoms with van der Waals surface area (Å²) >= 11 is 12.2. The molecule has 2 rings (SSSR count). The van der Waals surface area contributed by atoms with E-state index in [9.17, 15) is 0 Å². The van der Waals surface area contributed by atoms with Crippen molar-refractivity contribution in [1.82, 2.24) is 9.78 Å². The van der Waals surface area contributed by atoms with E-state index in [-0.39, 0.29) is 6.04 Å². The molecule has 1 aromatic heterocycles. The number of halogens is 2. The lowest BCUT2D eigenvalue weighted by molar-refractivity contribution is 0.700. The standard InChI is InChI=1S/C14H17Cl2N3/c1-8-13(9(2)19(3)18-8)12(17)7-10-5-4-6-11(15)14(10)16/h4-6,12H,7,17H2,1-3H3. The summed E-state index contributed by atoms with van der Waals surface area (Å²) in [6, 6.07) is 5.48. The first kappa shape index (κ1) is 14.4. The number of aromatic nitrogens is 2. The molecule has 2 aromatic rings. The van der Waals surface area contributed by atoms with E-state index in [2.05, 4.69) is 5.10 Å². The Morgan fingerprint density at radius 1 is 1.32 bits per heavy atom. The van der Waals surface area contributed by atoms with Crippen LogP contribution in [0.4, 0.5) is 0 Å². The van der Waals surface area contributed by atoms with Crippen LogP contribution >= 0.6 is 23.2 Å². The van der Waals surface area contributed by atoms with E-state index in [1.165, 1.54) is 0 Å². The molecule has 0 spiro atoms. The molecule has 1 heterocycles. The predicted octanol–water partition coefficient (Wildman–Crippen LogP) is 3.59. The first-order valence-corrected chi connectivity index (χ1v) is 6.86. The largest absolute Gasteiger partial charge is 0.324 e. The number of hydrogen-bond acceptors (Lipinski definition) is 2. The summed E-state index contributed by atoms with van der Waals surface area (Å²) in [4.78, 5) is 0. The Morgan fingerprint density at radius 2 is 2.00 bits per heavy atom. The van der Waals surface area contributed by atoms with Gasteiger partial charge < -0.3 is 5.73 Å². The van der Waals surface area contributed by atoms with Gasteiger partial charge in [-0.2, -0.15) is 5.10 Å². The summed E-state index contributed by atoms with van der Waals surface area (Å²) < 4.78 is 1.85. The third-order valence-corrected chi connectivity index (χ3v) is 4.27. The Hall–Kier alpha value is -1.03. The molecular weight excluding hydrogens is 281 g/mol. The molecule has 5 heteroatoms. The molecule has 0 aliphatic heterocycles. The first-order chi connectivity index (χ1) is 8.91. The molecule has 1 aromatic carbocycles. The minimum atomic E-state index is -0.135. The van der Waals surface area contributed by atoms with E-state index in [1.807, 2.05) is 37.7 Å². The Bertz CT molecular complexity index is 605. The number of aryl methyl sites for hydroxylation is 2. The SMILES string of the molecule is Cc1nn(C)c(C)c1C(N)Cc1cccc(Cl)c1Cl. The smallest absolute Gasteiger partial charge is 0.0644 e. The number of benzene rings is 1.